The van der Waals surface area contributed by atoms with Crippen molar-refractivity contribution >= 4 is 17.6 Å². The van der Waals surface area contributed by atoms with Crippen molar-refractivity contribution in [3.05, 3.63) is 30.1 Å². The van der Waals surface area contributed by atoms with Crippen LogP contribution in [0.3, 0.4) is 0 Å². The lowest BCUT2D eigenvalue weighted by atomic mass is 9.96. The van der Waals surface area contributed by atoms with Gasteiger partial charge in [-0.3, -0.25) is 9.79 Å². The highest BCUT2D eigenvalue weighted by atomic mass is 19.1. The van der Waals surface area contributed by atoms with Crippen LogP contribution in [0, 0.1) is 11.7 Å². The number of primary amides is 1. The van der Waals surface area contributed by atoms with E-state index >= 15 is 0 Å². The smallest absolute Gasteiger partial charge is 0.220 e. The van der Waals surface area contributed by atoms with Crippen LogP contribution in [0.25, 0.3) is 0 Å². The van der Waals surface area contributed by atoms with E-state index in [1.54, 1.807) is 0 Å². The lowest BCUT2D eigenvalue weighted by molar-refractivity contribution is -0.123. The number of hydrogen-bond acceptors (Lipinski definition) is 4. The van der Waals surface area contributed by atoms with E-state index in [-0.39, 0.29) is 17.6 Å². The first-order valence-corrected chi connectivity index (χ1v) is 11.0. The molecule has 2 aliphatic heterocycles. The van der Waals surface area contributed by atoms with Gasteiger partial charge in [0.15, 0.2) is 5.96 Å². The molecule has 2 aliphatic rings. The molecule has 0 spiro atoms. The van der Waals surface area contributed by atoms with Crippen molar-refractivity contribution in [1.29, 1.82) is 0 Å². The fourth-order valence-electron chi connectivity index (χ4n) is 4.26. The lowest BCUT2D eigenvalue weighted by Crippen LogP contribution is -2.52. The minimum atomic E-state index is -0.197. The predicted octanol–water partition coefficient (Wildman–Crippen LogP) is 1.50. The second-order valence-corrected chi connectivity index (χ2v) is 8.15. The van der Waals surface area contributed by atoms with Crippen molar-refractivity contribution in [2.75, 3.05) is 64.3 Å². The van der Waals surface area contributed by atoms with Crippen molar-refractivity contribution in [1.82, 2.24) is 15.1 Å². The molecular formula is C22H35FN6O. The summed E-state index contributed by atoms with van der Waals surface area (Å²) in [4.78, 5) is 22.7. The van der Waals surface area contributed by atoms with E-state index < -0.39 is 0 Å². The van der Waals surface area contributed by atoms with Gasteiger partial charge in [0.1, 0.15) is 5.82 Å². The highest BCUT2D eigenvalue weighted by Crippen LogP contribution is 2.18. The number of nitrogens with zero attached hydrogens (tertiary/aromatic N) is 4. The molecule has 1 aromatic rings. The van der Waals surface area contributed by atoms with Gasteiger partial charge in [-0.05, 0) is 69.6 Å². The SMILES string of the molecule is CN=C(NCCCCN1CCC(C(N)=O)CC1)N1CCN(c2ccc(F)cc2)CC1. The van der Waals surface area contributed by atoms with E-state index in [4.69, 9.17) is 5.73 Å². The fourth-order valence-corrected chi connectivity index (χ4v) is 4.26. The van der Waals surface area contributed by atoms with Crippen LogP contribution in [0.2, 0.25) is 0 Å². The van der Waals surface area contributed by atoms with Crippen LogP contribution in [-0.4, -0.2) is 81.1 Å². The second kappa shape index (κ2) is 11.2. The molecule has 2 saturated heterocycles. The normalized spacial score (nSPS) is 19.2. The number of amides is 1. The largest absolute Gasteiger partial charge is 0.369 e. The van der Waals surface area contributed by atoms with Crippen LogP contribution in [0.1, 0.15) is 25.7 Å². The molecule has 2 heterocycles. The predicted molar refractivity (Wildman–Crippen MR) is 119 cm³/mol. The Labute approximate surface area is 179 Å². The molecule has 0 bridgehead atoms. The minimum absolute atomic E-state index is 0.0646. The number of piperidine rings is 1. The molecule has 7 nitrogen and oxygen atoms in total. The number of nitrogens with two attached hydrogens (primary N) is 1. The molecule has 0 atom stereocenters. The Morgan fingerprint density at radius 2 is 1.77 bits per heavy atom. The van der Waals surface area contributed by atoms with Gasteiger partial charge in [0, 0.05) is 51.4 Å². The van der Waals surface area contributed by atoms with Gasteiger partial charge < -0.3 is 25.8 Å². The summed E-state index contributed by atoms with van der Waals surface area (Å²) in [6.45, 7) is 7.51. The summed E-state index contributed by atoms with van der Waals surface area (Å²) < 4.78 is 13.1. The first-order chi connectivity index (χ1) is 14.6. The minimum Gasteiger partial charge on any atom is -0.369 e. The maximum Gasteiger partial charge on any atom is 0.220 e. The van der Waals surface area contributed by atoms with Crippen LogP contribution in [0.5, 0.6) is 0 Å². The Hall–Kier alpha value is -2.35. The van der Waals surface area contributed by atoms with Crippen LogP contribution < -0.4 is 16.0 Å². The summed E-state index contributed by atoms with van der Waals surface area (Å²) in [5.41, 5.74) is 6.47. The van der Waals surface area contributed by atoms with Crippen molar-refractivity contribution in [3.8, 4) is 0 Å². The zero-order valence-electron chi connectivity index (χ0n) is 18.0. The number of carbonyl (C=O) groups is 1. The summed E-state index contributed by atoms with van der Waals surface area (Å²) in [5.74, 6) is 0.673. The number of hydrogen-bond donors (Lipinski definition) is 2. The van der Waals surface area contributed by atoms with Gasteiger partial charge in [-0.25, -0.2) is 4.39 Å². The third-order valence-electron chi connectivity index (χ3n) is 6.16. The van der Waals surface area contributed by atoms with Gasteiger partial charge in [-0.1, -0.05) is 0 Å². The molecule has 1 amide bonds. The highest BCUT2D eigenvalue weighted by Gasteiger charge is 2.23. The fraction of sp³-hybridized carbons (Fsp3) is 0.636. The second-order valence-electron chi connectivity index (χ2n) is 8.15. The number of rotatable bonds is 7. The summed E-state index contributed by atoms with van der Waals surface area (Å²) in [5, 5.41) is 3.49. The van der Waals surface area contributed by atoms with Gasteiger partial charge in [0.05, 0.1) is 0 Å². The van der Waals surface area contributed by atoms with E-state index in [1.165, 1.54) is 12.1 Å². The van der Waals surface area contributed by atoms with Crippen LogP contribution in [0.15, 0.2) is 29.3 Å². The zero-order chi connectivity index (χ0) is 21.3. The topological polar surface area (TPSA) is 77.2 Å². The van der Waals surface area contributed by atoms with E-state index in [1.807, 2.05) is 19.2 Å². The number of guanidine groups is 1. The Bertz CT molecular complexity index is 694. The number of aliphatic imine (C=N–C) groups is 1. The standard InChI is InChI=1S/C22H35FN6O/c1-25-22(26-10-2-3-11-27-12-8-18(9-13-27)21(24)30)29-16-14-28(15-17-29)20-6-4-19(23)5-7-20/h4-7,18H,2-3,8-17H2,1H3,(H2,24,30)(H,25,26). The van der Waals surface area contributed by atoms with Crippen molar-refractivity contribution in [2.45, 2.75) is 25.7 Å². The molecule has 2 fully saturated rings. The molecule has 1 aromatic carbocycles. The Morgan fingerprint density at radius 3 is 2.37 bits per heavy atom. The molecule has 3 rings (SSSR count). The average molecular weight is 419 g/mol. The molecule has 166 valence electrons. The third kappa shape index (κ3) is 6.32. The molecule has 0 radical (unpaired) electrons. The van der Waals surface area contributed by atoms with Crippen LogP contribution >= 0.6 is 0 Å². The molecule has 8 heteroatoms. The number of anilines is 1. The van der Waals surface area contributed by atoms with Gasteiger partial charge >= 0.3 is 0 Å². The summed E-state index contributed by atoms with van der Waals surface area (Å²) in [6, 6.07) is 6.72. The number of unbranched alkanes of at least 4 members (excludes halogenated alkanes) is 1. The molecular weight excluding hydrogens is 383 g/mol. The van der Waals surface area contributed by atoms with Crippen molar-refractivity contribution < 1.29 is 9.18 Å². The quantitative estimate of drug-likeness (QED) is 0.399. The molecule has 0 unspecified atom stereocenters. The molecule has 3 N–H and O–H groups in total. The Morgan fingerprint density at radius 1 is 1.10 bits per heavy atom. The Balaban J connectivity index is 1.31. The summed E-state index contributed by atoms with van der Waals surface area (Å²) in [6.07, 6.45) is 4.00. The van der Waals surface area contributed by atoms with Crippen molar-refractivity contribution in [3.63, 3.8) is 0 Å². The number of carbonyl (C=O) groups excluding carboxylic acids is 1. The number of nitrogens with one attached hydrogen (secondary N) is 1. The van der Waals surface area contributed by atoms with Gasteiger partial charge in [-0.2, -0.15) is 0 Å². The lowest BCUT2D eigenvalue weighted by Gasteiger charge is -2.37. The number of likely N-dealkylation sites (tertiary alicyclic amines) is 1. The van der Waals surface area contributed by atoms with Crippen LogP contribution in [0.4, 0.5) is 10.1 Å². The number of piperazine rings is 1. The van der Waals surface area contributed by atoms with Gasteiger partial charge in [0.25, 0.3) is 0 Å². The molecule has 0 aromatic heterocycles. The number of benzene rings is 1. The highest BCUT2D eigenvalue weighted by molar-refractivity contribution is 5.80. The Kier molecular flexibility index (Phi) is 8.30. The van der Waals surface area contributed by atoms with Crippen LogP contribution in [-0.2, 0) is 4.79 Å². The first-order valence-electron chi connectivity index (χ1n) is 11.0. The third-order valence-corrected chi connectivity index (χ3v) is 6.16. The molecule has 30 heavy (non-hydrogen) atoms. The zero-order valence-corrected chi connectivity index (χ0v) is 18.0. The van der Waals surface area contributed by atoms with E-state index in [0.29, 0.717) is 0 Å². The molecule has 0 saturated carbocycles. The van der Waals surface area contributed by atoms with Gasteiger partial charge in [0.2, 0.25) is 5.91 Å². The molecule has 0 aliphatic carbocycles. The average Bonchev–Trinajstić information content (AvgIpc) is 2.77. The van der Waals surface area contributed by atoms with E-state index in [9.17, 15) is 9.18 Å². The first kappa shape index (κ1) is 22.3. The maximum absolute atomic E-state index is 13.1. The maximum atomic E-state index is 13.1. The van der Waals surface area contributed by atoms with E-state index in [0.717, 1.165) is 89.7 Å². The van der Waals surface area contributed by atoms with Crippen molar-refractivity contribution in [2.24, 2.45) is 16.6 Å². The van der Waals surface area contributed by atoms with E-state index in [2.05, 4.69) is 25.0 Å². The summed E-state index contributed by atoms with van der Waals surface area (Å²) in [7, 11) is 1.83. The van der Waals surface area contributed by atoms with Gasteiger partial charge in [-0.15, -0.1) is 0 Å². The monoisotopic (exact) mass is 418 g/mol. The summed E-state index contributed by atoms with van der Waals surface area (Å²) >= 11 is 0. The number of halogens is 1.